The van der Waals surface area contributed by atoms with E-state index in [1.807, 2.05) is 24.3 Å². The van der Waals surface area contributed by atoms with Crippen molar-refractivity contribution in [2.75, 3.05) is 12.4 Å². The van der Waals surface area contributed by atoms with Gasteiger partial charge < -0.3 is 9.84 Å². The number of hydrogen-bond acceptors (Lipinski definition) is 3. The molecular weight excluding hydrogens is 288 g/mol. The summed E-state index contributed by atoms with van der Waals surface area (Å²) in [6.07, 6.45) is 0. The molecule has 0 spiro atoms. The number of para-hydroxylation sites is 1. The van der Waals surface area contributed by atoms with E-state index in [0.29, 0.717) is 17.3 Å². The lowest BCUT2D eigenvalue weighted by atomic mass is 10.0. The Morgan fingerprint density at radius 1 is 1.19 bits per heavy atom. The molecule has 1 aliphatic heterocycles. The molecule has 5 heteroatoms. The Hall–Kier alpha value is -2.14. The molecule has 2 aromatic rings. The van der Waals surface area contributed by atoms with E-state index in [1.54, 1.807) is 18.2 Å². The van der Waals surface area contributed by atoms with Gasteiger partial charge >= 0.3 is 5.97 Å². The number of benzene rings is 2. The van der Waals surface area contributed by atoms with Crippen LogP contribution in [0, 0.1) is 0 Å². The summed E-state index contributed by atoms with van der Waals surface area (Å²) in [5, 5.41) is 9.17. The van der Waals surface area contributed by atoms with Crippen molar-refractivity contribution >= 4 is 16.8 Å². The summed E-state index contributed by atoms with van der Waals surface area (Å²) >= 11 is 0. The molecule has 108 valence electrons. The third-order valence-corrected chi connectivity index (χ3v) is 5.07. The van der Waals surface area contributed by atoms with Gasteiger partial charge in [0.15, 0.2) is 0 Å². The molecule has 0 saturated heterocycles. The minimum atomic E-state index is -1.37. The molecule has 21 heavy (non-hydrogen) atoms. The Kier molecular flexibility index (Phi) is 3.75. The Morgan fingerprint density at radius 2 is 1.90 bits per heavy atom. The van der Waals surface area contributed by atoms with Gasteiger partial charge in [-0.05, 0) is 18.2 Å². The predicted molar refractivity (Wildman–Crippen MR) is 79.4 cm³/mol. The van der Waals surface area contributed by atoms with E-state index in [4.69, 9.17) is 4.74 Å². The first-order valence-corrected chi connectivity index (χ1v) is 7.91. The van der Waals surface area contributed by atoms with Gasteiger partial charge in [0.25, 0.3) is 0 Å². The zero-order chi connectivity index (χ0) is 14.8. The number of carboxylic acids is 1. The molecule has 0 fully saturated rings. The standard InChI is InChI=1S/C16H14O4S/c17-16(18)13-6-2-4-8-15(13)21(19)10-11-9-20-14-7-3-1-5-12(11)14/h1-8,11H,9-10H2,(H,17,18). The van der Waals surface area contributed by atoms with Gasteiger partial charge in [-0.25, -0.2) is 4.79 Å². The van der Waals surface area contributed by atoms with Crippen LogP contribution in [0.4, 0.5) is 0 Å². The Labute approximate surface area is 124 Å². The fraction of sp³-hybridized carbons (Fsp3) is 0.188. The fourth-order valence-electron chi connectivity index (χ4n) is 2.48. The number of rotatable bonds is 4. The average molecular weight is 302 g/mol. The normalized spacial score (nSPS) is 17.8. The van der Waals surface area contributed by atoms with Crippen LogP contribution in [0.2, 0.25) is 0 Å². The van der Waals surface area contributed by atoms with Crippen LogP contribution in [0.25, 0.3) is 0 Å². The fourth-order valence-corrected chi connectivity index (χ4v) is 3.93. The second-order valence-corrected chi connectivity index (χ2v) is 6.32. The highest BCUT2D eigenvalue weighted by molar-refractivity contribution is 7.85. The van der Waals surface area contributed by atoms with E-state index in [9.17, 15) is 14.1 Å². The minimum absolute atomic E-state index is 0.0314. The molecule has 0 bridgehead atoms. The number of carbonyl (C=O) groups is 1. The quantitative estimate of drug-likeness (QED) is 0.943. The summed E-state index contributed by atoms with van der Waals surface area (Å²) in [4.78, 5) is 11.6. The maximum atomic E-state index is 12.5. The highest BCUT2D eigenvalue weighted by Gasteiger charge is 2.27. The minimum Gasteiger partial charge on any atom is -0.493 e. The van der Waals surface area contributed by atoms with Crippen molar-refractivity contribution in [3.8, 4) is 5.75 Å². The molecule has 0 amide bonds. The Morgan fingerprint density at radius 3 is 2.71 bits per heavy atom. The molecule has 0 aromatic heterocycles. The molecule has 4 nitrogen and oxygen atoms in total. The lowest BCUT2D eigenvalue weighted by Gasteiger charge is -2.10. The van der Waals surface area contributed by atoms with Crippen LogP contribution in [-0.2, 0) is 10.8 Å². The summed E-state index contributed by atoms with van der Waals surface area (Å²) in [6.45, 7) is 0.486. The first kappa shape index (κ1) is 13.8. The predicted octanol–water partition coefficient (Wildman–Crippen LogP) is 2.67. The van der Waals surface area contributed by atoms with Crippen molar-refractivity contribution in [2.45, 2.75) is 10.8 Å². The van der Waals surface area contributed by atoms with E-state index in [0.717, 1.165) is 11.3 Å². The van der Waals surface area contributed by atoms with Gasteiger partial charge in [0, 0.05) is 17.2 Å². The van der Waals surface area contributed by atoms with Gasteiger partial charge in [-0.1, -0.05) is 30.3 Å². The first-order chi connectivity index (χ1) is 10.2. The Balaban J connectivity index is 1.84. The van der Waals surface area contributed by atoms with Crippen LogP contribution in [0.15, 0.2) is 53.4 Å². The third kappa shape index (κ3) is 2.69. The van der Waals surface area contributed by atoms with E-state index < -0.39 is 16.8 Å². The van der Waals surface area contributed by atoms with Crippen LogP contribution in [-0.4, -0.2) is 27.6 Å². The van der Waals surface area contributed by atoms with Crippen molar-refractivity contribution < 1.29 is 18.8 Å². The highest BCUT2D eigenvalue weighted by Crippen LogP contribution is 2.34. The molecule has 3 rings (SSSR count). The van der Waals surface area contributed by atoms with Crippen LogP contribution < -0.4 is 4.74 Å². The van der Waals surface area contributed by atoms with Crippen molar-refractivity contribution in [3.63, 3.8) is 0 Å². The van der Waals surface area contributed by atoms with Gasteiger partial charge in [0.2, 0.25) is 0 Å². The van der Waals surface area contributed by atoms with E-state index in [-0.39, 0.29) is 11.5 Å². The van der Waals surface area contributed by atoms with E-state index >= 15 is 0 Å². The summed E-state index contributed by atoms with van der Waals surface area (Å²) in [7, 11) is -1.37. The zero-order valence-corrected chi connectivity index (χ0v) is 12.0. The summed E-state index contributed by atoms with van der Waals surface area (Å²) < 4.78 is 18.1. The second-order valence-electron chi connectivity index (χ2n) is 4.86. The molecule has 1 N–H and O–H groups in total. The number of hydrogen-bond donors (Lipinski definition) is 1. The smallest absolute Gasteiger partial charge is 0.336 e. The third-order valence-electron chi connectivity index (χ3n) is 3.51. The lowest BCUT2D eigenvalue weighted by molar-refractivity contribution is 0.0693. The molecule has 1 aliphatic rings. The van der Waals surface area contributed by atoms with Crippen LogP contribution in [0.5, 0.6) is 5.75 Å². The number of aromatic carboxylic acids is 1. The highest BCUT2D eigenvalue weighted by atomic mass is 32.2. The average Bonchev–Trinajstić information content (AvgIpc) is 2.90. The molecule has 0 radical (unpaired) electrons. The maximum absolute atomic E-state index is 12.5. The van der Waals surface area contributed by atoms with Gasteiger partial charge in [-0.2, -0.15) is 0 Å². The molecule has 2 aromatic carbocycles. The Bertz CT molecular complexity index is 711. The number of carboxylic acid groups (broad SMARTS) is 1. The van der Waals surface area contributed by atoms with E-state index in [1.165, 1.54) is 6.07 Å². The first-order valence-electron chi connectivity index (χ1n) is 6.59. The van der Waals surface area contributed by atoms with Crippen LogP contribution >= 0.6 is 0 Å². The molecule has 2 unspecified atom stereocenters. The van der Waals surface area contributed by atoms with Crippen molar-refractivity contribution in [1.82, 2.24) is 0 Å². The van der Waals surface area contributed by atoms with Gasteiger partial charge in [0.05, 0.1) is 27.9 Å². The van der Waals surface area contributed by atoms with Crippen molar-refractivity contribution in [2.24, 2.45) is 0 Å². The summed E-state index contributed by atoms with van der Waals surface area (Å²) in [5.41, 5.74) is 1.14. The largest absolute Gasteiger partial charge is 0.493 e. The second kappa shape index (κ2) is 5.69. The monoisotopic (exact) mass is 302 g/mol. The van der Waals surface area contributed by atoms with E-state index in [2.05, 4.69) is 0 Å². The van der Waals surface area contributed by atoms with Crippen molar-refractivity contribution in [1.29, 1.82) is 0 Å². The lowest BCUT2D eigenvalue weighted by Crippen LogP contribution is -2.13. The van der Waals surface area contributed by atoms with Gasteiger partial charge in [0.1, 0.15) is 5.75 Å². The maximum Gasteiger partial charge on any atom is 0.336 e. The topological polar surface area (TPSA) is 63.6 Å². The van der Waals surface area contributed by atoms with Gasteiger partial charge in [-0.3, -0.25) is 4.21 Å². The van der Waals surface area contributed by atoms with Crippen molar-refractivity contribution in [3.05, 3.63) is 59.7 Å². The molecular formula is C16H14O4S. The zero-order valence-electron chi connectivity index (χ0n) is 11.2. The molecule has 0 saturated carbocycles. The number of fused-ring (bicyclic) bond motifs is 1. The summed E-state index contributed by atoms with van der Waals surface area (Å²) in [5.74, 6) is 0.165. The SMILES string of the molecule is O=C(O)c1ccccc1S(=O)CC1COc2ccccc21. The van der Waals surface area contributed by atoms with Gasteiger partial charge in [-0.15, -0.1) is 0 Å². The molecule has 0 aliphatic carbocycles. The summed E-state index contributed by atoms with van der Waals surface area (Å²) in [6, 6.07) is 14.1. The van der Waals surface area contributed by atoms with Crippen LogP contribution in [0.3, 0.4) is 0 Å². The molecule has 2 atom stereocenters. The van der Waals surface area contributed by atoms with Crippen LogP contribution in [0.1, 0.15) is 21.8 Å². The molecule has 1 heterocycles. The number of ether oxygens (including phenoxy) is 1.